The fourth-order valence-electron chi connectivity index (χ4n) is 2.35. The first-order valence-corrected chi connectivity index (χ1v) is 9.42. The highest BCUT2D eigenvalue weighted by Crippen LogP contribution is 2.22. The van der Waals surface area contributed by atoms with E-state index in [1.807, 2.05) is 6.92 Å². The number of nitrogens with one attached hydrogen (secondary N) is 2. The lowest BCUT2D eigenvalue weighted by atomic mass is 10.4. The monoisotopic (exact) mass is 376 g/mol. The second-order valence-electron chi connectivity index (χ2n) is 4.98. The van der Waals surface area contributed by atoms with Crippen LogP contribution in [-0.2, 0) is 10.0 Å². The predicted octanol–water partition coefficient (Wildman–Crippen LogP) is 1.65. The normalized spacial score (nSPS) is 16.3. The molecule has 2 rings (SSSR count). The number of hydrogen-bond donors (Lipinski definition) is 2. The van der Waals surface area contributed by atoms with Crippen LogP contribution in [0, 0.1) is 0 Å². The van der Waals surface area contributed by atoms with Crippen LogP contribution in [0.1, 0.15) is 19.8 Å². The van der Waals surface area contributed by atoms with Crippen molar-refractivity contribution in [2.45, 2.75) is 24.7 Å². The van der Waals surface area contributed by atoms with Gasteiger partial charge in [0, 0.05) is 30.3 Å². The average molecular weight is 377 g/mol. The molecule has 0 atom stereocenters. The zero-order valence-corrected chi connectivity index (χ0v) is 14.5. The van der Waals surface area contributed by atoms with E-state index in [1.54, 1.807) is 12.3 Å². The van der Waals surface area contributed by atoms with Crippen molar-refractivity contribution >= 4 is 31.8 Å². The van der Waals surface area contributed by atoms with E-state index in [-0.39, 0.29) is 4.90 Å². The predicted molar refractivity (Wildman–Crippen MR) is 87.0 cm³/mol. The Morgan fingerprint density at radius 2 is 2.10 bits per heavy atom. The van der Waals surface area contributed by atoms with Crippen LogP contribution in [0.2, 0.25) is 0 Å². The Balaban J connectivity index is 2.05. The maximum atomic E-state index is 12.4. The van der Waals surface area contributed by atoms with Gasteiger partial charge in [-0.3, -0.25) is 0 Å². The summed E-state index contributed by atoms with van der Waals surface area (Å²) in [5.74, 6) is 0.384. The van der Waals surface area contributed by atoms with Gasteiger partial charge in [-0.15, -0.1) is 0 Å². The lowest BCUT2D eigenvalue weighted by molar-refractivity contribution is 0.344. The summed E-state index contributed by atoms with van der Waals surface area (Å²) >= 11 is 3.27. The van der Waals surface area contributed by atoms with Crippen molar-refractivity contribution in [3.8, 4) is 0 Å². The lowest BCUT2D eigenvalue weighted by Crippen LogP contribution is -2.33. The highest BCUT2D eigenvalue weighted by atomic mass is 79.9. The van der Waals surface area contributed by atoms with Crippen molar-refractivity contribution in [3.63, 3.8) is 0 Å². The molecule has 2 N–H and O–H groups in total. The van der Waals surface area contributed by atoms with Crippen LogP contribution in [0.25, 0.3) is 0 Å². The van der Waals surface area contributed by atoms with Gasteiger partial charge in [0.1, 0.15) is 10.7 Å². The maximum absolute atomic E-state index is 12.4. The SMILES string of the molecule is CCNc1ncc(Br)cc1S(=O)(=O)NCCN1CCCC1. The summed E-state index contributed by atoms with van der Waals surface area (Å²) in [5, 5.41) is 2.98. The number of rotatable bonds is 7. The van der Waals surface area contributed by atoms with Gasteiger partial charge in [0.15, 0.2) is 0 Å². The van der Waals surface area contributed by atoms with Crippen molar-refractivity contribution < 1.29 is 8.42 Å². The molecular formula is C13H21BrN4O2S. The van der Waals surface area contributed by atoms with Gasteiger partial charge in [0.05, 0.1) is 0 Å². The van der Waals surface area contributed by atoms with Crippen molar-refractivity contribution in [1.29, 1.82) is 0 Å². The summed E-state index contributed by atoms with van der Waals surface area (Å²) < 4.78 is 28.1. The fraction of sp³-hybridized carbons (Fsp3) is 0.615. The topological polar surface area (TPSA) is 74.3 Å². The third-order valence-electron chi connectivity index (χ3n) is 3.37. The Hall–Kier alpha value is -0.700. The van der Waals surface area contributed by atoms with Crippen molar-refractivity contribution in [1.82, 2.24) is 14.6 Å². The summed E-state index contributed by atoms with van der Waals surface area (Å²) in [5.41, 5.74) is 0. The number of nitrogens with zero attached hydrogens (tertiary/aromatic N) is 2. The van der Waals surface area contributed by atoms with E-state index in [2.05, 4.69) is 35.9 Å². The molecule has 1 aromatic rings. The molecule has 1 aliphatic heterocycles. The Bertz CT molecular complexity index is 574. The molecule has 0 bridgehead atoms. The fourth-order valence-corrected chi connectivity index (χ4v) is 4.01. The Labute approximate surface area is 134 Å². The average Bonchev–Trinajstić information content (AvgIpc) is 2.94. The molecule has 0 amide bonds. The van der Waals surface area contributed by atoms with Crippen molar-refractivity contribution in [2.24, 2.45) is 0 Å². The summed E-state index contributed by atoms with van der Waals surface area (Å²) in [7, 11) is -3.56. The minimum atomic E-state index is -3.56. The van der Waals surface area contributed by atoms with Gasteiger partial charge in [-0.2, -0.15) is 0 Å². The quantitative estimate of drug-likeness (QED) is 0.756. The Morgan fingerprint density at radius 3 is 2.76 bits per heavy atom. The first-order valence-electron chi connectivity index (χ1n) is 7.14. The zero-order chi connectivity index (χ0) is 15.3. The molecule has 8 heteroatoms. The van der Waals surface area contributed by atoms with E-state index < -0.39 is 10.0 Å². The third kappa shape index (κ3) is 4.64. The zero-order valence-electron chi connectivity index (χ0n) is 12.1. The molecule has 0 unspecified atom stereocenters. The second kappa shape index (κ2) is 7.53. The van der Waals surface area contributed by atoms with Crippen LogP contribution >= 0.6 is 15.9 Å². The first kappa shape index (κ1) is 16.7. The molecule has 6 nitrogen and oxygen atoms in total. The van der Waals surface area contributed by atoms with Crippen molar-refractivity contribution in [2.75, 3.05) is 38.0 Å². The highest BCUT2D eigenvalue weighted by Gasteiger charge is 2.20. The standard InChI is InChI=1S/C13H21BrN4O2S/c1-2-15-13-12(9-11(14)10-16-13)21(19,20)17-5-8-18-6-3-4-7-18/h9-10,17H,2-8H2,1H3,(H,15,16). The van der Waals surface area contributed by atoms with E-state index in [0.29, 0.717) is 23.4 Å². The van der Waals surface area contributed by atoms with Gasteiger partial charge in [0.2, 0.25) is 10.0 Å². The number of anilines is 1. The van der Waals surface area contributed by atoms with Crippen LogP contribution < -0.4 is 10.0 Å². The van der Waals surface area contributed by atoms with Gasteiger partial charge >= 0.3 is 0 Å². The molecule has 0 spiro atoms. The van der Waals surface area contributed by atoms with Crippen LogP contribution in [0.5, 0.6) is 0 Å². The van der Waals surface area contributed by atoms with E-state index >= 15 is 0 Å². The molecule has 0 radical (unpaired) electrons. The van der Waals surface area contributed by atoms with Crippen LogP contribution in [0.15, 0.2) is 21.6 Å². The van der Waals surface area contributed by atoms with Crippen LogP contribution in [-0.4, -0.2) is 51.0 Å². The molecule has 118 valence electrons. The second-order valence-corrected chi connectivity index (χ2v) is 7.63. The minimum Gasteiger partial charge on any atom is -0.369 e. The summed E-state index contributed by atoms with van der Waals surface area (Å²) in [6.07, 6.45) is 3.99. The summed E-state index contributed by atoms with van der Waals surface area (Å²) in [4.78, 5) is 6.58. The van der Waals surface area contributed by atoms with Gasteiger partial charge < -0.3 is 10.2 Å². The Kier molecular flexibility index (Phi) is 5.98. The highest BCUT2D eigenvalue weighted by molar-refractivity contribution is 9.10. The molecule has 0 aliphatic carbocycles. The summed E-state index contributed by atoms with van der Waals surface area (Å²) in [6, 6.07) is 1.57. The Morgan fingerprint density at radius 1 is 1.38 bits per heavy atom. The largest absolute Gasteiger partial charge is 0.369 e. The van der Waals surface area contributed by atoms with E-state index in [0.717, 1.165) is 19.6 Å². The number of likely N-dealkylation sites (tertiary alicyclic amines) is 1. The maximum Gasteiger partial charge on any atom is 0.244 e. The molecular weight excluding hydrogens is 356 g/mol. The number of sulfonamides is 1. The number of halogens is 1. The summed E-state index contributed by atoms with van der Waals surface area (Å²) in [6.45, 7) is 5.80. The lowest BCUT2D eigenvalue weighted by Gasteiger charge is -2.16. The smallest absolute Gasteiger partial charge is 0.244 e. The molecule has 2 heterocycles. The van der Waals surface area contributed by atoms with E-state index in [9.17, 15) is 8.42 Å². The number of aromatic nitrogens is 1. The molecule has 21 heavy (non-hydrogen) atoms. The minimum absolute atomic E-state index is 0.181. The molecule has 0 saturated carbocycles. The third-order valence-corrected chi connectivity index (χ3v) is 5.28. The van der Waals surface area contributed by atoms with Crippen LogP contribution in [0.3, 0.4) is 0 Å². The van der Waals surface area contributed by atoms with Crippen molar-refractivity contribution in [3.05, 3.63) is 16.7 Å². The number of hydrogen-bond acceptors (Lipinski definition) is 5. The van der Waals surface area contributed by atoms with Gasteiger partial charge in [0.25, 0.3) is 0 Å². The number of pyridine rings is 1. The van der Waals surface area contributed by atoms with Crippen LogP contribution in [0.4, 0.5) is 5.82 Å². The molecule has 1 fully saturated rings. The van der Waals surface area contributed by atoms with Gasteiger partial charge in [-0.25, -0.2) is 18.1 Å². The van der Waals surface area contributed by atoms with E-state index in [1.165, 1.54) is 12.8 Å². The molecule has 1 aromatic heterocycles. The molecule has 1 aliphatic rings. The molecule has 0 aromatic carbocycles. The first-order chi connectivity index (χ1) is 10.0. The van der Waals surface area contributed by atoms with E-state index in [4.69, 9.17) is 0 Å². The van der Waals surface area contributed by atoms with Gasteiger partial charge in [-0.05, 0) is 54.9 Å². The van der Waals surface area contributed by atoms with Gasteiger partial charge in [-0.1, -0.05) is 0 Å². The molecule has 1 saturated heterocycles.